The molecule has 1 atom stereocenters. The summed E-state index contributed by atoms with van der Waals surface area (Å²) in [6, 6.07) is 14.9. The molecule has 0 saturated carbocycles. The Kier molecular flexibility index (Phi) is 4.09. The molecule has 6 heteroatoms. The molecule has 0 fully saturated rings. The van der Waals surface area contributed by atoms with Crippen molar-refractivity contribution in [2.75, 3.05) is 0 Å². The smallest absolute Gasteiger partial charge is 0.220 e. The molecule has 26 heavy (non-hydrogen) atoms. The number of aliphatic imine (C=N–C) groups is 1. The van der Waals surface area contributed by atoms with Crippen LogP contribution in [0.25, 0.3) is 11.1 Å². The summed E-state index contributed by atoms with van der Waals surface area (Å²) >= 11 is 6.03. The molecule has 0 bridgehead atoms. The summed E-state index contributed by atoms with van der Waals surface area (Å²) in [5.41, 5.74) is 10.7. The van der Waals surface area contributed by atoms with Gasteiger partial charge in [0.1, 0.15) is 6.04 Å². The molecule has 1 aliphatic rings. The van der Waals surface area contributed by atoms with Gasteiger partial charge in [0, 0.05) is 16.1 Å². The van der Waals surface area contributed by atoms with Crippen LogP contribution in [-0.2, 0) is 4.79 Å². The highest BCUT2D eigenvalue weighted by Crippen LogP contribution is 2.40. The molecule has 130 valence electrons. The number of hydrogen-bond donors (Lipinski definition) is 1. The third kappa shape index (κ3) is 2.80. The van der Waals surface area contributed by atoms with E-state index >= 15 is 0 Å². The van der Waals surface area contributed by atoms with Gasteiger partial charge in [0.05, 0.1) is 23.4 Å². The lowest BCUT2D eigenvalue weighted by molar-refractivity contribution is -0.118. The molecule has 1 amide bonds. The second kappa shape index (κ2) is 6.42. The van der Waals surface area contributed by atoms with Crippen molar-refractivity contribution < 1.29 is 9.32 Å². The Labute approximate surface area is 155 Å². The number of carbonyl (C=O) groups is 1. The number of hydrogen-bond acceptors (Lipinski definition) is 4. The first-order chi connectivity index (χ1) is 12.5. The molecule has 2 N–H and O–H groups in total. The van der Waals surface area contributed by atoms with Gasteiger partial charge in [-0.2, -0.15) is 0 Å². The number of amides is 1. The zero-order valence-electron chi connectivity index (χ0n) is 14.1. The molecule has 3 aromatic rings. The number of aryl methyl sites for hydroxylation is 1. The first kappa shape index (κ1) is 16.5. The lowest BCUT2D eigenvalue weighted by atomic mass is 9.93. The zero-order chi connectivity index (χ0) is 18.3. The van der Waals surface area contributed by atoms with Gasteiger partial charge in [0.2, 0.25) is 5.91 Å². The molecule has 5 nitrogen and oxygen atoms in total. The van der Waals surface area contributed by atoms with Crippen LogP contribution in [0.5, 0.6) is 0 Å². The lowest BCUT2D eigenvalue weighted by Crippen LogP contribution is -2.15. The molecule has 2 aromatic carbocycles. The first-order valence-corrected chi connectivity index (χ1v) is 8.60. The van der Waals surface area contributed by atoms with Gasteiger partial charge in [-0.25, -0.2) is 0 Å². The largest absolute Gasteiger partial charge is 0.370 e. The molecule has 1 aromatic heterocycles. The van der Waals surface area contributed by atoms with E-state index < -0.39 is 11.9 Å². The molecule has 0 radical (unpaired) electrons. The van der Waals surface area contributed by atoms with Crippen LogP contribution in [0.15, 0.2) is 58.0 Å². The number of nitrogens with two attached hydrogens (primary N) is 1. The number of carbonyl (C=O) groups excluding carboxylic acids is 1. The van der Waals surface area contributed by atoms with Crippen molar-refractivity contribution >= 4 is 23.2 Å². The highest BCUT2D eigenvalue weighted by atomic mass is 35.5. The fourth-order valence-corrected chi connectivity index (χ4v) is 3.43. The molecule has 0 spiro atoms. The average molecular weight is 366 g/mol. The maximum absolute atomic E-state index is 11.6. The van der Waals surface area contributed by atoms with Crippen molar-refractivity contribution in [2.24, 2.45) is 10.7 Å². The minimum Gasteiger partial charge on any atom is -0.370 e. The number of primary amides is 1. The van der Waals surface area contributed by atoms with Gasteiger partial charge in [-0.1, -0.05) is 53.2 Å². The molecule has 0 saturated heterocycles. The Morgan fingerprint density at radius 1 is 1.15 bits per heavy atom. The van der Waals surface area contributed by atoms with E-state index in [1.54, 1.807) is 0 Å². The van der Waals surface area contributed by atoms with Crippen LogP contribution in [0.3, 0.4) is 0 Å². The second-order valence-corrected chi connectivity index (χ2v) is 6.66. The topological polar surface area (TPSA) is 81.5 Å². The molecule has 2 heterocycles. The van der Waals surface area contributed by atoms with Gasteiger partial charge in [-0.05, 0) is 24.6 Å². The van der Waals surface area contributed by atoms with Crippen molar-refractivity contribution in [3.63, 3.8) is 0 Å². The Hall–Kier alpha value is -2.92. The first-order valence-electron chi connectivity index (χ1n) is 8.22. The summed E-state index contributed by atoms with van der Waals surface area (Å²) in [4.78, 5) is 16.5. The number of nitrogens with zero attached hydrogens (tertiary/aromatic N) is 2. The van der Waals surface area contributed by atoms with Crippen LogP contribution in [0.1, 0.15) is 35.0 Å². The van der Waals surface area contributed by atoms with Crippen LogP contribution in [-0.4, -0.2) is 16.8 Å². The fourth-order valence-electron chi connectivity index (χ4n) is 3.30. The van der Waals surface area contributed by atoms with E-state index in [2.05, 4.69) is 5.16 Å². The molecule has 0 unspecified atom stereocenters. The summed E-state index contributed by atoms with van der Waals surface area (Å²) in [5.74, 6) is 0.123. The zero-order valence-corrected chi connectivity index (χ0v) is 14.8. The maximum atomic E-state index is 11.6. The third-order valence-electron chi connectivity index (χ3n) is 4.44. The number of halogens is 1. The highest BCUT2D eigenvalue weighted by Gasteiger charge is 2.30. The summed E-state index contributed by atoms with van der Waals surface area (Å²) < 4.78 is 5.55. The van der Waals surface area contributed by atoms with Gasteiger partial charge >= 0.3 is 0 Å². The summed E-state index contributed by atoms with van der Waals surface area (Å²) in [6.07, 6.45) is 0.0483. The van der Waals surface area contributed by atoms with Gasteiger partial charge < -0.3 is 10.3 Å². The van der Waals surface area contributed by atoms with E-state index in [4.69, 9.17) is 26.9 Å². The van der Waals surface area contributed by atoms with E-state index in [1.165, 1.54) is 0 Å². The van der Waals surface area contributed by atoms with Gasteiger partial charge in [0.25, 0.3) is 0 Å². The molecular formula is C20H16ClN3O2. The monoisotopic (exact) mass is 365 g/mol. The predicted octanol–water partition coefficient (Wildman–Crippen LogP) is 4.07. The Morgan fingerprint density at radius 3 is 2.54 bits per heavy atom. The Balaban J connectivity index is 1.99. The summed E-state index contributed by atoms with van der Waals surface area (Å²) in [6.45, 7) is 1.88. The normalized spacial score (nSPS) is 15.6. The van der Waals surface area contributed by atoms with E-state index in [1.807, 2.05) is 55.5 Å². The van der Waals surface area contributed by atoms with Crippen molar-refractivity contribution in [3.8, 4) is 11.1 Å². The van der Waals surface area contributed by atoms with Crippen LogP contribution >= 0.6 is 11.6 Å². The Morgan fingerprint density at radius 2 is 1.85 bits per heavy atom. The van der Waals surface area contributed by atoms with Crippen LogP contribution in [0, 0.1) is 6.92 Å². The van der Waals surface area contributed by atoms with E-state index in [0.29, 0.717) is 10.8 Å². The minimum absolute atomic E-state index is 0.0483. The highest BCUT2D eigenvalue weighted by molar-refractivity contribution is 6.30. The van der Waals surface area contributed by atoms with Crippen molar-refractivity contribution in [3.05, 3.63) is 76.1 Å². The van der Waals surface area contributed by atoms with Gasteiger partial charge in [-0.15, -0.1) is 0 Å². The maximum Gasteiger partial charge on any atom is 0.220 e. The Bertz CT molecular complexity index is 1020. The van der Waals surface area contributed by atoms with Crippen LogP contribution in [0.4, 0.5) is 0 Å². The minimum atomic E-state index is -0.526. The fraction of sp³-hybridized carbons (Fsp3) is 0.150. The van der Waals surface area contributed by atoms with E-state index in [9.17, 15) is 4.79 Å². The molecule has 4 rings (SSSR count). The number of fused-ring (bicyclic) bond motifs is 3. The summed E-state index contributed by atoms with van der Waals surface area (Å²) in [5, 5.41) is 4.74. The SMILES string of the molecule is Cc1noc2c1-c1ccccc1C(c1ccc(Cl)cc1)=N[C@@H]2CC(N)=O. The third-order valence-corrected chi connectivity index (χ3v) is 4.69. The number of aromatic nitrogens is 1. The van der Waals surface area contributed by atoms with Gasteiger partial charge in [0.15, 0.2) is 5.76 Å². The lowest BCUT2D eigenvalue weighted by Gasteiger charge is -2.11. The van der Waals surface area contributed by atoms with Crippen molar-refractivity contribution in [1.82, 2.24) is 5.16 Å². The quantitative estimate of drug-likeness (QED) is 0.759. The number of rotatable bonds is 3. The molecule has 1 aliphatic heterocycles. The predicted molar refractivity (Wildman–Crippen MR) is 100 cm³/mol. The second-order valence-electron chi connectivity index (χ2n) is 6.22. The standard InChI is InChI=1S/C20H16ClN3O2/c1-11-18-14-4-2-3-5-15(14)19(12-6-8-13(21)9-7-12)23-16(10-17(22)25)20(18)26-24-11/h2-9,16H,10H2,1H3,(H2,22,25)/t16-/m1/s1. The summed E-state index contributed by atoms with van der Waals surface area (Å²) in [7, 11) is 0. The molecular weight excluding hydrogens is 350 g/mol. The van der Waals surface area contributed by atoms with Crippen molar-refractivity contribution in [2.45, 2.75) is 19.4 Å². The average Bonchev–Trinajstić information content (AvgIpc) is 2.94. The van der Waals surface area contributed by atoms with Gasteiger partial charge in [-0.3, -0.25) is 9.79 Å². The van der Waals surface area contributed by atoms with Crippen molar-refractivity contribution in [1.29, 1.82) is 0 Å². The van der Waals surface area contributed by atoms with E-state index in [0.717, 1.165) is 33.7 Å². The molecule has 0 aliphatic carbocycles. The van der Waals surface area contributed by atoms with E-state index in [-0.39, 0.29) is 6.42 Å². The van der Waals surface area contributed by atoms with Crippen LogP contribution in [0.2, 0.25) is 5.02 Å². The van der Waals surface area contributed by atoms with Crippen LogP contribution < -0.4 is 5.73 Å². The number of benzene rings is 2.